The lowest BCUT2D eigenvalue weighted by Crippen LogP contribution is -1.94. The number of aromatic nitrogens is 4. The third kappa shape index (κ3) is 2.42. The van der Waals surface area contributed by atoms with Crippen LogP contribution in [0.5, 0.6) is 0 Å². The van der Waals surface area contributed by atoms with Gasteiger partial charge < -0.3 is 20.4 Å². The zero-order chi connectivity index (χ0) is 16.0. The Hall–Kier alpha value is -2.87. The van der Waals surface area contributed by atoms with Crippen LogP contribution in [0.25, 0.3) is 22.1 Å². The van der Waals surface area contributed by atoms with Crippen molar-refractivity contribution < 1.29 is 9.90 Å². The van der Waals surface area contributed by atoms with Crippen LogP contribution in [-0.2, 0) is 0 Å². The Bertz CT molecular complexity index is 1050. The Morgan fingerprint density at radius 2 is 2.00 bits per heavy atom. The van der Waals surface area contributed by atoms with Crippen LogP contribution >= 0.6 is 15.9 Å². The minimum atomic E-state index is -0.977. The van der Waals surface area contributed by atoms with Gasteiger partial charge in [0.1, 0.15) is 10.1 Å². The molecule has 0 fully saturated rings. The molecule has 4 N–H and O–H groups in total. The number of pyridine rings is 1. The van der Waals surface area contributed by atoms with Crippen LogP contribution in [-0.4, -0.2) is 31.0 Å². The molecule has 3 heterocycles. The molecule has 7 nitrogen and oxygen atoms in total. The number of carboxylic acids is 1. The van der Waals surface area contributed by atoms with Crippen molar-refractivity contribution in [2.24, 2.45) is 0 Å². The molecule has 0 atom stereocenters. The molecule has 0 radical (unpaired) electrons. The maximum atomic E-state index is 11.0. The predicted octanol–water partition coefficient (Wildman–Crippen LogP) is 3.64. The van der Waals surface area contributed by atoms with Gasteiger partial charge >= 0.3 is 5.97 Å². The molecule has 4 rings (SSSR count). The molecule has 0 spiro atoms. The lowest BCUT2D eigenvalue weighted by atomic mass is 10.2. The topological polar surface area (TPSA) is 107 Å². The van der Waals surface area contributed by atoms with Gasteiger partial charge in [-0.25, -0.2) is 14.8 Å². The molecule has 114 valence electrons. The maximum Gasteiger partial charge on any atom is 0.335 e. The molecule has 23 heavy (non-hydrogen) atoms. The Morgan fingerprint density at radius 1 is 1.17 bits per heavy atom. The van der Waals surface area contributed by atoms with Crippen LogP contribution in [0, 0.1) is 0 Å². The van der Waals surface area contributed by atoms with E-state index in [9.17, 15) is 4.79 Å². The van der Waals surface area contributed by atoms with Gasteiger partial charge in [-0.1, -0.05) is 0 Å². The van der Waals surface area contributed by atoms with E-state index < -0.39 is 5.97 Å². The Balaban J connectivity index is 1.74. The van der Waals surface area contributed by atoms with Crippen LogP contribution in [0.1, 0.15) is 10.4 Å². The van der Waals surface area contributed by atoms with Gasteiger partial charge in [0.25, 0.3) is 0 Å². The molecule has 8 heteroatoms. The third-order valence-electron chi connectivity index (χ3n) is 3.47. The highest BCUT2D eigenvalue weighted by Gasteiger charge is 2.10. The molecule has 4 aromatic rings. The second-order valence-corrected chi connectivity index (χ2v) is 5.79. The van der Waals surface area contributed by atoms with E-state index in [4.69, 9.17) is 5.11 Å². The van der Waals surface area contributed by atoms with Crippen molar-refractivity contribution in [1.29, 1.82) is 0 Å². The summed E-state index contributed by atoms with van der Waals surface area (Å²) in [6.45, 7) is 0. The highest BCUT2D eigenvalue weighted by molar-refractivity contribution is 9.10. The van der Waals surface area contributed by atoms with Crippen LogP contribution < -0.4 is 5.32 Å². The lowest BCUT2D eigenvalue weighted by molar-refractivity contribution is 0.0697. The van der Waals surface area contributed by atoms with E-state index in [-0.39, 0.29) is 5.56 Å². The molecule has 0 unspecified atom stereocenters. The number of aromatic amines is 2. The molecule has 0 saturated carbocycles. The first kappa shape index (κ1) is 13.8. The van der Waals surface area contributed by atoms with E-state index in [0.29, 0.717) is 11.5 Å². The summed E-state index contributed by atoms with van der Waals surface area (Å²) in [7, 11) is 0. The van der Waals surface area contributed by atoms with Crippen molar-refractivity contribution in [3.8, 4) is 0 Å². The quantitative estimate of drug-likeness (QED) is 0.411. The van der Waals surface area contributed by atoms with Gasteiger partial charge in [0.15, 0.2) is 0 Å². The summed E-state index contributed by atoms with van der Waals surface area (Å²) in [5.74, 6) is -0.458. The molecule has 0 aliphatic rings. The van der Waals surface area contributed by atoms with Crippen LogP contribution in [0.2, 0.25) is 0 Å². The van der Waals surface area contributed by atoms with Gasteiger partial charge in [-0.2, -0.15) is 0 Å². The van der Waals surface area contributed by atoms with E-state index in [0.717, 1.165) is 26.8 Å². The number of carbonyl (C=O) groups is 1. The average molecular weight is 372 g/mol. The van der Waals surface area contributed by atoms with Crippen molar-refractivity contribution in [2.75, 3.05) is 5.32 Å². The van der Waals surface area contributed by atoms with E-state index >= 15 is 0 Å². The highest BCUT2D eigenvalue weighted by atomic mass is 79.9. The summed E-state index contributed by atoms with van der Waals surface area (Å²) >= 11 is 3.35. The van der Waals surface area contributed by atoms with Crippen molar-refractivity contribution in [3.63, 3.8) is 0 Å². The smallest absolute Gasteiger partial charge is 0.335 e. The van der Waals surface area contributed by atoms with Crippen molar-refractivity contribution >= 4 is 55.6 Å². The molecule has 0 aliphatic carbocycles. The molecular weight excluding hydrogens is 362 g/mol. The van der Waals surface area contributed by atoms with Crippen LogP contribution in [0.4, 0.5) is 11.6 Å². The number of fused-ring (bicyclic) bond motifs is 2. The van der Waals surface area contributed by atoms with Crippen molar-refractivity contribution in [2.45, 2.75) is 0 Å². The van der Waals surface area contributed by atoms with Gasteiger partial charge in [-0.15, -0.1) is 0 Å². The summed E-state index contributed by atoms with van der Waals surface area (Å²) in [4.78, 5) is 26.1. The summed E-state index contributed by atoms with van der Waals surface area (Å²) < 4.78 is 0.739. The summed E-state index contributed by atoms with van der Waals surface area (Å²) in [6, 6.07) is 8.55. The zero-order valence-corrected chi connectivity index (χ0v) is 13.2. The Labute approximate surface area is 137 Å². The Kier molecular flexibility index (Phi) is 3.05. The standard InChI is InChI=1S/C15H10BrN5O2/c16-12-4-3-9-13(21-12)11(6-17-9)20-15-18-8-2-1-7(14(22)23)5-10(8)19-15/h1-6,17H,(H,22,23)(H2,18,19,20). The second-order valence-electron chi connectivity index (χ2n) is 4.98. The van der Waals surface area contributed by atoms with Gasteiger partial charge in [-0.05, 0) is 46.3 Å². The number of anilines is 2. The van der Waals surface area contributed by atoms with Gasteiger partial charge in [0, 0.05) is 6.20 Å². The van der Waals surface area contributed by atoms with E-state index in [2.05, 4.69) is 41.2 Å². The molecule has 0 bridgehead atoms. The number of rotatable bonds is 3. The number of benzene rings is 1. The average Bonchev–Trinajstić information content (AvgIpc) is 3.10. The number of halogens is 1. The highest BCUT2D eigenvalue weighted by Crippen LogP contribution is 2.26. The fourth-order valence-corrected chi connectivity index (χ4v) is 2.71. The number of nitrogens with one attached hydrogen (secondary N) is 3. The molecule has 3 aromatic heterocycles. The van der Waals surface area contributed by atoms with E-state index in [1.165, 1.54) is 12.1 Å². The number of aromatic carboxylic acids is 1. The van der Waals surface area contributed by atoms with Crippen molar-refractivity contribution in [3.05, 3.63) is 46.7 Å². The van der Waals surface area contributed by atoms with Gasteiger partial charge in [-0.3, -0.25) is 0 Å². The molecular formula is C15H10BrN5O2. The fraction of sp³-hybridized carbons (Fsp3) is 0. The largest absolute Gasteiger partial charge is 0.478 e. The monoisotopic (exact) mass is 371 g/mol. The Morgan fingerprint density at radius 3 is 2.83 bits per heavy atom. The third-order valence-corrected chi connectivity index (χ3v) is 3.91. The molecule has 1 aromatic carbocycles. The SMILES string of the molecule is O=C(O)c1ccc2[nH]c(Nc3c[nH]c4ccc(Br)nc34)nc2c1. The first-order chi connectivity index (χ1) is 11.1. The summed E-state index contributed by atoms with van der Waals surface area (Å²) in [5, 5.41) is 12.2. The summed E-state index contributed by atoms with van der Waals surface area (Å²) in [6.07, 6.45) is 1.81. The van der Waals surface area contributed by atoms with Crippen molar-refractivity contribution in [1.82, 2.24) is 19.9 Å². The number of hydrogen-bond acceptors (Lipinski definition) is 4. The molecule has 0 aliphatic heterocycles. The first-order valence-electron chi connectivity index (χ1n) is 6.74. The van der Waals surface area contributed by atoms with E-state index in [1.54, 1.807) is 12.3 Å². The second kappa shape index (κ2) is 5.10. The minimum absolute atomic E-state index is 0.202. The van der Waals surface area contributed by atoms with Gasteiger partial charge in [0.2, 0.25) is 5.95 Å². The maximum absolute atomic E-state index is 11.0. The number of carboxylic acid groups (broad SMARTS) is 1. The predicted molar refractivity (Wildman–Crippen MR) is 90.1 cm³/mol. The number of imidazole rings is 1. The number of H-pyrrole nitrogens is 2. The number of hydrogen-bond donors (Lipinski definition) is 4. The number of nitrogens with zero attached hydrogens (tertiary/aromatic N) is 2. The normalized spacial score (nSPS) is 11.2. The van der Waals surface area contributed by atoms with E-state index in [1.807, 2.05) is 12.1 Å². The lowest BCUT2D eigenvalue weighted by Gasteiger charge is -1.99. The van der Waals surface area contributed by atoms with Gasteiger partial charge in [0.05, 0.1) is 27.8 Å². The first-order valence-corrected chi connectivity index (χ1v) is 7.53. The summed E-state index contributed by atoms with van der Waals surface area (Å²) in [5.41, 5.74) is 4.01. The fourth-order valence-electron chi connectivity index (χ4n) is 2.40. The van der Waals surface area contributed by atoms with Crippen LogP contribution in [0.3, 0.4) is 0 Å². The zero-order valence-electron chi connectivity index (χ0n) is 11.6. The molecule has 0 amide bonds. The minimum Gasteiger partial charge on any atom is -0.478 e. The van der Waals surface area contributed by atoms with Crippen LogP contribution in [0.15, 0.2) is 41.1 Å². The molecule has 0 saturated heterocycles.